The minimum atomic E-state index is -0.651. The van der Waals surface area contributed by atoms with E-state index in [0.29, 0.717) is 83.2 Å². The highest BCUT2D eigenvalue weighted by molar-refractivity contribution is 6.06. The van der Waals surface area contributed by atoms with Crippen LogP contribution in [0.15, 0.2) is 54.7 Å². The number of aliphatic hydroxyl groups is 1. The number of carbonyl (C=O) groups excluding carboxylic acids is 3. The van der Waals surface area contributed by atoms with Gasteiger partial charge >= 0.3 is 6.01 Å². The van der Waals surface area contributed by atoms with Crippen molar-refractivity contribution >= 4 is 50.9 Å². The molecule has 8 aliphatic rings. The predicted molar refractivity (Wildman–Crippen MR) is 273 cm³/mol. The van der Waals surface area contributed by atoms with Crippen LogP contribution in [-0.2, 0) is 16.1 Å². The van der Waals surface area contributed by atoms with Crippen molar-refractivity contribution in [1.82, 2.24) is 40.3 Å². The number of terminal acetylenes is 1. The Hall–Kier alpha value is -6.45. The van der Waals surface area contributed by atoms with Crippen molar-refractivity contribution < 1.29 is 33.7 Å². The van der Waals surface area contributed by atoms with Crippen LogP contribution in [0.3, 0.4) is 0 Å². The lowest BCUT2D eigenvalue weighted by Gasteiger charge is -2.54. The smallest absolute Gasteiger partial charge is 0.319 e. The average Bonchev–Trinajstić information content (AvgIpc) is 4.00. The summed E-state index contributed by atoms with van der Waals surface area (Å²) < 4.78 is 23.7. The molecule has 2 aromatic heterocycles. The number of aromatic nitrogens is 3. The van der Waals surface area contributed by atoms with Crippen LogP contribution in [0.1, 0.15) is 79.3 Å². The van der Waals surface area contributed by atoms with Gasteiger partial charge < -0.3 is 39.9 Å². The van der Waals surface area contributed by atoms with Gasteiger partial charge in [-0.2, -0.15) is 9.97 Å². The summed E-state index contributed by atoms with van der Waals surface area (Å²) in [6.07, 6.45) is 15.4. The van der Waals surface area contributed by atoms with E-state index in [-0.39, 0.29) is 64.6 Å². The summed E-state index contributed by atoms with van der Waals surface area (Å²) in [7, 11) is 0. The van der Waals surface area contributed by atoms with E-state index < -0.39 is 18.0 Å². The van der Waals surface area contributed by atoms with Crippen molar-refractivity contribution in [2.75, 3.05) is 81.9 Å². The quantitative estimate of drug-likeness (QED) is 0.105. The Kier molecular flexibility index (Phi) is 11.4. The van der Waals surface area contributed by atoms with Crippen LogP contribution in [0.5, 0.6) is 11.8 Å². The molecule has 8 heterocycles. The number of halogens is 1. The molecule has 13 rings (SSSR count). The highest BCUT2D eigenvalue weighted by Gasteiger charge is 2.50. The Bertz CT molecular complexity index is 3120. The molecule has 7 fully saturated rings. The summed E-state index contributed by atoms with van der Waals surface area (Å²) in [6, 6.07) is 14.0. The largest absolute Gasteiger partial charge is 0.508 e. The Balaban J connectivity index is 0.627. The summed E-state index contributed by atoms with van der Waals surface area (Å²) in [4.78, 5) is 63.2. The molecule has 5 saturated heterocycles. The maximum absolute atomic E-state index is 17.2. The monoisotopic (exact) mass is 988 g/mol. The van der Waals surface area contributed by atoms with E-state index in [0.717, 1.165) is 82.4 Å². The number of piperazine rings is 2. The van der Waals surface area contributed by atoms with Gasteiger partial charge in [0.2, 0.25) is 11.8 Å². The van der Waals surface area contributed by atoms with Crippen LogP contribution < -0.4 is 25.2 Å². The molecular weight excluding hydrogens is 928 g/mol. The number of phenolic OH excluding ortho intramolecular Hbond substituents is 1. The minimum Gasteiger partial charge on any atom is -0.508 e. The zero-order valence-corrected chi connectivity index (χ0v) is 41.0. The molecule has 1 spiro atoms. The number of benzene rings is 3. The molecule has 4 N–H and O–H groups in total. The van der Waals surface area contributed by atoms with E-state index in [9.17, 15) is 24.6 Å². The third kappa shape index (κ3) is 8.49. The molecule has 3 unspecified atom stereocenters. The number of imide groups is 1. The number of rotatable bonds is 11. The third-order valence-corrected chi connectivity index (χ3v) is 17.8. The van der Waals surface area contributed by atoms with Crippen LogP contribution in [0.2, 0.25) is 0 Å². The summed E-state index contributed by atoms with van der Waals surface area (Å²) in [5.41, 5.74) is 4.16. The molecule has 4 atom stereocenters. The molecule has 2 aliphatic carbocycles. The van der Waals surface area contributed by atoms with Gasteiger partial charge in [0.05, 0.1) is 24.1 Å². The van der Waals surface area contributed by atoms with Gasteiger partial charge in [0, 0.05) is 111 Å². The predicted octanol–water partition coefficient (Wildman–Crippen LogP) is 4.82. The maximum Gasteiger partial charge on any atom is 0.319 e. The molecule has 2 bridgehead atoms. The number of carbonyl (C=O) groups is 3. The van der Waals surface area contributed by atoms with Crippen LogP contribution in [0.25, 0.3) is 32.9 Å². The second kappa shape index (κ2) is 17.9. The molecule has 2 saturated carbocycles. The van der Waals surface area contributed by atoms with Gasteiger partial charge in [-0.05, 0) is 123 Å². The molecule has 0 radical (unpaired) electrons. The van der Waals surface area contributed by atoms with E-state index in [2.05, 4.69) is 47.2 Å². The van der Waals surface area contributed by atoms with Gasteiger partial charge in [0.15, 0.2) is 5.82 Å². The number of nitrogens with one attached hydrogen (secondary N) is 2. The van der Waals surface area contributed by atoms with Gasteiger partial charge in [-0.1, -0.05) is 18.1 Å². The number of hydrogen-bond donors (Lipinski definition) is 4. The lowest BCUT2D eigenvalue weighted by Crippen LogP contribution is -2.53. The number of hydrogen-bond acceptors (Lipinski definition) is 14. The Morgan fingerprint density at radius 2 is 1.74 bits per heavy atom. The number of aromatic hydroxyl groups is 1. The minimum absolute atomic E-state index is 0.0209. The van der Waals surface area contributed by atoms with Gasteiger partial charge in [-0.25, -0.2) is 4.39 Å². The fraction of sp³-hybridized carbons (Fsp3) is 0.500. The normalized spacial score (nSPS) is 25.8. The standard InChI is InChI=1S/C56H61FN10O6/c1-2-34-4-3-5-35-21-39(68)23-41(47(34)35)49-48(57)50-42(26-58-49)51(66-29-37-22-45(69)43(30-66)59-37)62-54(61-50)73-32-56(10-11-56)31-64-14-12-55(13-15-64)24-33(25-55)27-63-16-18-65(19-17-63)38-6-7-40-36(20-38)28-67(53(40)72)44-8-9-46(70)60-52(44)71/h1,3-7,20-21,23,26,33,37,43-45,59,68-69H,8-19,22,24-25,27-32H2,(H,60,70,71)/t37?,43?,44-,45?/m0/s1. The second-order valence-electron chi connectivity index (χ2n) is 22.6. The van der Waals surface area contributed by atoms with E-state index in [4.69, 9.17) is 21.1 Å². The number of nitrogens with zero attached hydrogens (tertiary/aromatic N) is 8. The van der Waals surface area contributed by atoms with Gasteiger partial charge in [-0.15, -0.1) is 6.42 Å². The van der Waals surface area contributed by atoms with Crippen LogP contribution in [-0.4, -0.2) is 154 Å². The molecule has 3 amide bonds. The Morgan fingerprint density at radius 3 is 2.51 bits per heavy atom. The molecule has 5 aromatic rings. The van der Waals surface area contributed by atoms with E-state index >= 15 is 4.39 Å². The Labute approximate surface area is 423 Å². The fourth-order valence-corrected chi connectivity index (χ4v) is 13.6. The average molecular weight is 989 g/mol. The molecule has 378 valence electrons. The first-order valence-corrected chi connectivity index (χ1v) is 26.3. The first-order chi connectivity index (χ1) is 35.4. The molecule has 17 heteroatoms. The molecule has 6 aliphatic heterocycles. The van der Waals surface area contributed by atoms with E-state index in [1.165, 1.54) is 31.7 Å². The molecule has 3 aromatic carbocycles. The van der Waals surface area contributed by atoms with Gasteiger partial charge in [0.1, 0.15) is 28.8 Å². The Morgan fingerprint density at radius 1 is 0.918 bits per heavy atom. The summed E-state index contributed by atoms with van der Waals surface area (Å²) in [5, 5.41) is 29.1. The number of phenols is 1. The van der Waals surface area contributed by atoms with Crippen molar-refractivity contribution in [3.63, 3.8) is 0 Å². The summed E-state index contributed by atoms with van der Waals surface area (Å²) >= 11 is 0. The first kappa shape index (κ1) is 46.3. The first-order valence-electron chi connectivity index (χ1n) is 26.3. The van der Waals surface area contributed by atoms with Gasteiger partial charge in [-0.3, -0.25) is 29.6 Å². The number of piperidine rings is 2. The van der Waals surface area contributed by atoms with E-state index in [1.54, 1.807) is 23.2 Å². The lowest BCUT2D eigenvalue weighted by atomic mass is 9.57. The number of amides is 3. The third-order valence-electron chi connectivity index (χ3n) is 17.8. The second-order valence-corrected chi connectivity index (χ2v) is 22.6. The number of ether oxygens (including phenoxy) is 1. The highest BCUT2D eigenvalue weighted by Crippen LogP contribution is 2.54. The van der Waals surface area contributed by atoms with Crippen molar-refractivity contribution in [3.8, 4) is 35.4 Å². The maximum atomic E-state index is 17.2. The lowest BCUT2D eigenvalue weighted by molar-refractivity contribution is -0.136. The molecule has 73 heavy (non-hydrogen) atoms. The van der Waals surface area contributed by atoms with Gasteiger partial charge in [0.25, 0.3) is 5.91 Å². The van der Waals surface area contributed by atoms with Crippen LogP contribution in [0.4, 0.5) is 15.9 Å². The molecule has 16 nitrogen and oxygen atoms in total. The summed E-state index contributed by atoms with van der Waals surface area (Å²) in [5.74, 6) is 2.47. The highest BCUT2D eigenvalue weighted by atomic mass is 19.1. The van der Waals surface area contributed by atoms with Crippen LogP contribution >= 0.6 is 0 Å². The van der Waals surface area contributed by atoms with Crippen LogP contribution in [0, 0.1) is 34.9 Å². The topological polar surface area (TPSA) is 180 Å². The van der Waals surface area contributed by atoms with Crippen molar-refractivity contribution in [3.05, 3.63) is 77.2 Å². The number of aliphatic hydroxyl groups excluding tert-OH is 1. The van der Waals surface area contributed by atoms with E-state index in [1.807, 2.05) is 24.3 Å². The summed E-state index contributed by atoms with van der Waals surface area (Å²) in [6.45, 7) is 9.99. The molecular formula is C56H61FN10O6. The number of pyridine rings is 1. The zero-order chi connectivity index (χ0) is 49.8. The zero-order valence-electron chi connectivity index (χ0n) is 41.0. The fourth-order valence-electron chi connectivity index (χ4n) is 13.6. The van der Waals surface area contributed by atoms with Crippen molar-refractivity contribution in [1.29, 1.82) is 0 Å². The number of anilines is 2. The SMILES string of the molecule is C#Cc1cccc2cc(O)cc(-c3ncc4c(N5CC6CC(O)C(C5)N6)nc(OCC5(CN6CCC7(CC6)CC(CN6CCN(c8ccc9c(c8)CN([C@H]8CCC(=O)NC8=O)C9=O)CC6)C7)CC5)nc4c3F)c12. The van der Waals surface area contributed by atoms with Crippen molar-refractivity contribution in [2.45, 2.75) is 88.6 Å². The van der Waals surface area contributed by atoms with Crippen molar-refractivity contribution in [2.24, 2.45) is 16.7 Å². The number of fused-ring (bicyclic) bond motifs is 5. The number of likely N-dealkylation sites (tertiary alicyclic amines) is 1.